The third-order valence-electron chi connectivity index (χ3n) is 5.74. The number of halogens is 1. The first-order valence-electron chi connectivity index (χ1n) is 12.0. The maximum atomic E-state index is 15.0. The van der Waals surface area contributed by atoms with E-state index in [0.717, 1.165) is 30.5 Å². The van der Waals surface area contributed by atoms with E-state index in [4.69, 9.17) is 0 Å². The van der Waals surface area contributed by atoms with Crippen LogP contribution in [0.3, 0.4) is 0 Å². The second kappa shape index (κ2) is 11.0. The molecule has 0 atom stereocenters. The molecule has 0 aliphatic carbocycles. The lowest BCUT2D eigenvalue weighted by atomic mass is 9.99. The van der Waals surface area contributed by atoms with E-state index in [1.165, 1.54) is 12.1 Å². The number of sulfonamides is 1. The van der Waals surface area contributed by atoms with Crippen LogP contribution in [0.4, 0.5) is 16.0 Å². The first-order valence-corrected chi connectivity index (χ1v) is 13.7. The van der Waals surface area contributed by atoms with E-state index in [-0.39, 0.29) is 17.4 Å². The Morgan fingerprint density at radius 3 is 2.50 bits per heavy atom. The van der Waals surface area contributed by atoms with Gasteiger partial charge in [-0.2, -0.15) is 0 Å². The minimum atomic E-state index is -3.78. The summed E-state index contributed by atoms with van der Waals surface area (Å²) in [5.41, 5.74) is 3.97. The highest BCUT2D eigenvalue weighted by Gasteiger charge is 2.17. The molecule has 0 aliphatic heterocycles. The SMILES string of the molecule is CCCCNc1ncc2nc(-c3ccc(NS(=O)(=O)Cc4ccccc4)c(F)c3)cc(C(C)C)c2n1. The fourth-order valence-electron chi connectivity index (χ4n) is 3.85. The second-order valence-corrected chi connectivity index (χ2v) is 10.7. The van der Waals surface area contributed by atoms with E-state index in [9.17, 15) is 12.8 Å². The summed E-state index contributed by atoms with van der Waals surface area (Å²) in [6, 6.07) is 15.0. The lowest BCUT2D eigenvalue weighted by Crippen LogP contribution is -2.16. The Hall–Kier alpha value is -3.59. The average Bonchev–Trinajstić information content (AvgIpc) is 2.85. The fraction of sp³-hybridized carbons (Fsp3) is 0.296. The molecule has 4 rings (SSSR count). The number of unbranched alkanes of at least 4 members (excludes halogenated alkanes) is 1. The lowest BCUT2D eigenvalue weighted by Gasteiger charge is -2.14. The van der Waals surface area contributed by atoms with Gasteiger partial charge in [0.2, 0.25) is 16.0 Å². The van der Waals surface area contributed by atoms with Gasteiger partial charge >= 0.3 is 0 Å². The van der Waals surface area contributed by atoms with Crippen molar-refractivity contribution in [1.29, 1.82) is 0 Å². The summed E-state index contributed by atoms with van der Waals surface area (Å²) in [6.07, 6.45) is 3.78. The van der Waals surface area contributed by atoms with E-state index >= 15 is 0 Å². The number of aromatic nitrogens is 3. The minimum Gasteiger partial charge on any atom is -0.354 e. The maximum absolute atomic E-state index is 15.0. The van der Waals surface area contributed by atoms with Crippen LogP contribution in [-0.4, -0.2) is 29.9 Å². The van der Waals surface area contributed by atoms with E-state index in [0.29, 0.717) is 28.3 Å². The van der Waals surface area contributed by atoms with Gasteiger partial charge in [0, 0.05) is 12.1 Å². The Labute approximate surface area is 211 Å². The Bertz CT molecular complexity index is 1460. The number of rotatable bonds is 10. The molecule has 36 heavy (non-hydrogen) atoms. The van der Waals surface area contributed by atoms with Crippen LogP contribution in [-0.2, 0) is 15.8 Å². The predicted octanol–water partition coefficient (Wildman–Crippen LogP) is 6.11. The molecule has 0 amide bonds. The Balaban J connectivity index is 1.62. The fourth-order valence-corrected chi connectivity index (χ4v) is 5.06. The van der Waals surface area contributed by atoms with Crippen LogP contribution in [0.2, 0.25) is 0 Å². The molecule has 188 valence electrons. The van der Waals surface area contributed by atoms with E-state index < -0.39 is 15.8 Å². The number of hydrogen-bond acceptors (Lipinski definition) is 6. The molecule has 0 saturated heterocycles. The summed E-state index contributed by atoms with van der Waals surface area (Å²) < 4.78 is 42.4. The van der Waals surface area contributed by atoms with Gasteiger partial charge in [-0.25, -0.2) is 27.8 Å². The number of pyridine rings is 1. The van der Waals surface area contributed by atoms with Crippen molar-refractivity contribution >= 4 is 32.7 Å². The second-order valence-electron chi connectivity index (χ2n) is 9.00. The first kappa shape index (κ1) is 25.5. The molecular formula is C27H30FN5O2S. The maximum Gasteiger partial charge on any atom is 0.237 e. The summed E-state index contributed by atoms with van der Waals surface area (Å²) in [4.78, 5) is 13.7. The van der Waals surface area contributed by atoms with Gasteiger partial charge in [-0.15, -0.1) is 0 Å². The summed E-state index contributed by atoms with van der Waals surface area (Å²) in [6.45, 7) is 7.05. The molecule has 0 radical (unpaired) electrons. The molecule has 0 saturated carbocycles. The summed E-state index contributed by atoms with van der Waals surface area (Å²) in [5, 5.41) is 3.24. The molecule has 0 fully saturated rings. The largest absolute Gasteiger partial charge is 0.354 e. The number of nitrogens with one attached hydrogen (secondary N) is 2. The van der Waals surface area contributed by atoms with Gasteiger partial charge in [0.1, 0.15) is 11.3 Å². The molecule has 7 nitrogen and oxygen atoms in total. The van der Waals surface area contributed by atoms with Crippen molar-refractivity contribution in [3.05, 3.63) is 77.7 Å². The normalized spacial score (nSPS) is 11.7. The number of nitrogens with zero attached hydrogens (tertiary/aromatic N) is 3. The number of anilines is 2. The van der Waals surface area contributed by atoms with Gasteiger partial charge < -0.3 is 5.32 Å². The molecule has 2 N–H and O–H groups in total. The van der Waals surface area contributed by atoms with Crippen LogP contribution in [0.15, 0.2) is 60.8 Å². The van der Waals surface area contributed by atoms with Gasteiger partial charge in [-0.05, 0) is 41.7 Å². The third kappa shape index (κ3) is 6.15. The highest BCUT2D eigenvalue weighted by molar-refractivity contribution is 7.91. The van der Waals surface area contributed by atoms with Gasteiger partial charge in [0.15, 0.2) is 0 Å². The standard InChI is InChI=1S/C27H30FN5O2S/c1-4-5-13-29-27-30-16-25-26(32-27)21(18(2)3)15-24(31-25)20-11-12-23(22(28)14-20)33-36(34,35)17-19-9-7-6-8-10-19/h6-12,14-16,18,33H,4-5,13,17H2,1-3H3,(H,29,30,32). The van der Waals surface area contributed by atoms with Gasteiger partial charge in [0.05, 0.1) is 28.8 Å². The molecule has 0 spiro atoms. The molecule has 4 aromatic rings. The van der Waals surface area contributed by atoms with E-state index in [2.05, 4.69) is 45.8 Å². The van der Waals surface area contributed by atoms with Crippen LogP contribution in [0, 0.1) is 5.82 Å². The molecule has 2 aromatic carbocycles. The van der Waals surface area contributed by atoms with Crippen molar-refractivity contribution in [3.63, 3.8) is 0 Å². The summed E-state index contributed by atoms with van der Waals surface area (Å²) in [5.74, 6) is -0.204. The average molecular weight is 508 g/mol. The highest BCUT2D eigenvalue weighted by Crippen LogP contribution is 2.30. The lowest BCUT2D eigenvalue weighted by molar-refractivity contribution is 0.598. The van der Waals surface area contributed by atoms with Crippen molar-refractivity contribution in [1.82, 2.24) is 15.0 Å². The van der Waals surface area contributed by atoms with Crippen LogP contribution in [0.5, 0.6) is 0 Å². The van der Waals surface area contributed by atoms with Gasteiger partial charge in [-0.3, -0.25) is 4.72 Å². The van der Waals surface area contributed by atoms with E-state index in [1.54, 1.807) is 36.5 Å². The molecule has 9 heteroatoms. The quantitative estimate of drug-likeness (QED) is 0.252. The molecule has 0 bridgehead atoms. The van der Waals surface area contributed by atoms with Gasteiger partial charge in [0.25, 0.3) is 0 Å². The zero-order valence-corrected chi connectivity index (χ0v) is 21.4. The van der Waals surface area contributed by atoms with Crippen LogP contribution in [0.1, 0.15) is 50.7 Å². The zero-order valence-electron chi connectivity index (χ0n) is 20.6. The molecule has 2 aromatic heterocycles. The van der Waals surface area contributed by atoms with Crippen molar-refractivity contribution in [2.75, 3.05) is 16.6 Å². The highest BCUT2D eigenvalue weighted by atomic mass is 32.2. The molecule has 2 heterocycles. The first-order chi connectivity index (χ1) is 17.3. The van der Waals surface area contributed by atoms with Crippen LogP contribution >= 0.6 is 0 Å². The van der Waals surface area contributed by atoms with Crippen molar-refractivity contribution in [2.24, 2.45) is 0 Å². The molecule has 0 aliphatic rings. The van der Waals surface area contributed by atoms with Crippen molar-refractivity contribution < 1.29 is 12.8 Å². The van der Waals surface area contributed by atoms with Crippen LogP contribution < -0.4 is 10.0 Å². The summed E-state index contributed by atoms with van der Waals surface area (Å²) >= 11 is 0. The minimum absolute atomic E-state index is 0.106. The monoisotopic (exact) mass is 507 g/mol. The Kier molecular flexibility index (Phi) is 7.79. The third-order valence-corrected chi connectivity index (χ3v) is 6.99. The van der Waals surface area contributed by atoms with Crippen molar-refractivity contribution in [3.8, 4) is 11.3 Å². The number of benzene rings is 2. The number of hydrogen-bond donors (Lipinski definition) is 2. The van der Waals surface area contributed by atoms with Gasteiger partial charge in [-0.1, -0.05) is 63.6 Å². The van der Waals surface area contributed by atoms with Crippen LogP contribution in [0.25, 0.3) is 22.3 Å². The smallest absolute Gasteiger partial charge is 0.237 e. The Morgan fingerprint density at radius 1 is 1.03 bits per heavy atom. The summed E-state index contributed by atoms with van der Waals surface area (Å²) in [7, 11) is -3.78. The zero-order chi connectivity index (χ0) is 25.7. The van der Waals surface area contributed by atoms with E-state index in [1.807, 2.05) is 12.1 Å². The van der Waals surface area contributed by atoms with Crippen molar-refractivity contribution in [2.45, 2.75) is 45.3 Å². The predicted molar refractivity (Wildman–Crippen MR) is 143 cm³/mol. The molecular weight excluding hydrogens is 477 g/mol. The topological polar surface area (TPSA) is 96.9 Å². The Morgan fingerprint density at radius 2 is 1.81 bits per heavy atom. The number of fused-ring (bicyclic) bond motifs is 1. The molecule has 0 unspecified atom stereocenters.